The number of rotatable bonds is 1. The van der Waals surface area contributed by atoms with E-state index in [0.29, 0.717) is 0 Å². The summed E-state index contributed by atoms with van der Waals surface area (Å²) >= 11 is -1.72. The molecule has 0 bridgehead atoms. The van der Waals surface area contributed by atoms with Crippen molar-refractivity contribution in [1.82, 2.24) is 0 Å². The van der Waals surface area contributed by atoms with E-state index in [9.17, 15) is 0 Å². The van der Waals surface area contributed by atoms with E-state index in [1.807, 2.05) is 30.3 Å². The second kappa shape index (κ2) is 11.3. The van der Waals surface area contributed by atoms with Crippen molar-refractivity contribution in [2.24, 2.45) is 0 Å². The van der Waals surface area contributed by atoms with Crippen LogP contribution in [0.15, 0.2) is 30.3 Å². The SMILES string of the molecule is COc1ccccc1.[Cl][Al]([Cl])[Cl].[Sn]. The summed E-state index contributed by atoms with van der Waals surface area (Å²) in [4.78, 5) is 0. The predicted molar refractivity (Wildman–Crippen MR) is 62.1 cm³/mol. The van der Waals surface area contributed by atoms with Crippen molar-refractivity contribution in [3.8, 4) is 5.75 Å². The number of hydrogen-bond acceptors (Lipinski definition) is 1. The molecule has 6 heteroatoms. The minimum atomic E-state index is -1.72. The van der Waals surface area contributed by atoms with Crippen LogP contribution in [-0.2, 0) is 0 Å². The van der Waals surface area contributed by atoms with Crippen molar-refractivity contribution in [3.63, 3.8) is 0 Å². The van der Waals surface area contributed by atoms with Crippen LogP contribution in [0.2, 0.25) is 0 Å². The van der Waals surface area contributed by atoms with E-state index in [-0.39, 0.29) is 23.9 Å². The standard InChI is InChI=1S/C7H8O.Al.3ClH.Sn/c1-8-7-5-3-2-4-6-7;;;;;/h2-6H,1H3;;3*1H;/q;+3;;;;/p-3. The maximum atomic E-state index is 4.94. The van der Waals surface area contributed by atoms with Gasteiger partial charge in [0.15, 0.2) is 0 Å². The molecule has 0 heterocycles. The minimum absolute atomic E-state index is 0. The first-order valence-corrected chi connectivity index (χ1v) is 8.41. The summed E-state index contributed by atoms with van der Waals surface area (Å²) in [5.74, 6) is 0.910. The van der Waals surface area contributed by atoms with Crippen LogP contribution >= 0.6 is 30.1 Å². The number of para-hydroxylation sites is 1. The fraction of sp³-hybridized carbons (Fsp3) is 0.143. The fourth-order valence-electron chi connectivity index (χ4n) is 0.557. The Labute approximate surface area is 112 Å². The van der Waals surface area contributed by atoms with Crippen LogP contribution in [0.5, 0.6) is 5.75 Å². The van der Waals surface area contributed by atoms with E-state index in [2.05, 4.69) is 0 Å². The maximum Gasteiger partial charge on any atom is 0.643 e. The molecule has 0 spiro atoms. The zero-order valence-corrected chi connectivity index (χ0v) is 13.3. The molecule has 0 fully saturated rings. The van der Waals surface area contributed by atoms with Gasteiger partial charge >= 0.3 is 11.4 Å². The van der Waals surface area contributed by atoms with E-state index in [4.69, 9.17) is 34.9 Å². The van der Waals surface area contributed by atoms with Crippen molar-refractivity contribution in [2.75, 3.05) is 7.11 Å². The average Bonchev–Trinajstić information content (AvgIpc) is 2.05. The van der Waals surface area contributed by atoms with Gasteiger partial charge in [0.1, 0.15) is 5.75 Å². The van der Waals surface area contributed by atoms with E-state index >= 15 is 0 Å². The first-order chi connectivity index (χ1) is 5.66. The van der Waals surface area contributed by atoms with E-state index < -0.39 is 11.4 Å². The molecule has 0 unspecified atom stereocenters. The zero-order valence-electron chi connectivity index (χ0n) is 7.01. The monoisotopic (exact) mass is 360 g/mol. The van der Waals surface area contributed by atoms with Gasteiger partial charge in [-0.25, -0.2) is 30.1 Å². The van der Waals surface area contributed by atoms with E-state index in [1.165, 1.54) is 0 Å². The van der Waals surface area contributed by atoms with Crippen LogP contribution in [0.4, 0.5) is 0 Å². The summed E-state index contributed by atoms with van der Waals surface area (Å²) in [5, 5.41) is 0. The van der Waals surface area contributed by atoms with Crippen molar-refractivity contribution < 1.29 is 4.74 Å². The Balaban J connectivity index is 0. The normalized spacial score (nSPS) is 7.38. The predicted octanol–water partition coefficient (Wildman–Crippen LogP) is 3.00. The molecule has 0 aliphatic rings. The average molecular weight is 360 g/mol. The summed E-state index contributed by atoms with van der Waals surface area (Å²) in [5.41, 5.74) is 0. The summed E-state index contributed by atoms with van der Waals surface area (Å²) in [6, 6.07) is 9.68. The van der Waals surface area contributed by atoms with Gasteiger partial charge in [0.25, 0.3) is 0 Å². The molecule has 0 saturated carbocycles. The molecule has 1 nitrogen and oxygen atoms in total. The first-order valence-electron chi connectivity index (χ1n) is 3.18. The molecule has 0 aliphatic heterocycles. The largest absolute Gasteiger partial charge is 0.643 e. The Morgan fingerprint density at radius 1 is 1.08 bits per heavy atom. The summed E-state index contributed by atoms with van der Waals surface area (Å²) in [6.07, 6.45) is 0. The maximum absolute atomic E-state index is 4.94. The molecule has 0 amide bonds. The molecular weight excluding hydrogens is 352 g/mol. The number of ether oxygens (including phenoxy) is 1. The van der Waals surface area contributed by atoms with Crippen molar-refractivity contribution in [2.45, 2.75) is 0 Å². The fourth-order valence-corrected chi connectivity index (χ4v) is 0.557. The van der Waals surface area contributed by atoms with Gasteiger partial charge in [-0.05, 0) is 12.1 Å². The van der Waals surface area contributed by atoms with Crippen LogP contribution in [0, 0.1) is 0 Å². The van der Waals surface area contributed by atoms with Crippen LogP contribution in [0.25, 0.3) is 0 Å². The Kier molecular flexibility index (Phi) is 14.5. The molecule has 1 aromatic carbocycles. The van der Waals surface area contributed by atoms with Gasteiger partial charge in [0.2, 0.25) is 0 Å². The van der Waals surface area contributed by atoms with Gasteiger partial charge in [-0.3, -0.25) is 0 Å². The minimum Gasteiger partial charge on any atom is -0.497 e. The number of methoxy groups -OCH3 is 1. The van der Waals surface area contributed by atoms with Crippen molar-refractivity contribution in [1.29, 1.82) is 0 Å². The number of hydrogen-bond donors (Lipinski definition) is 0. The Morgan fingerprint density at radius 3 is 1.69 bits per heavy atom. The smallest absolute Gasteiger partial charge is 0.497 e. The second-order valence-electron chi connectivity index (χ2n) is 1.76. The topological polar surface area (TPSA) is 9.23 Å². The van der Waals surface area contributed by atoms with Gasteiger partial charge in [-0.2, -0.15) is 0 Å². The summed E-state index contributed by atoms with van der Waals surface area (Å²) in [6.45, 7) is 0. The zero-order chi connectivity index (χ0) is 9.40. The molecule has 0 saturated heterocycles. The van der Waals surface area contributed by atoms with Crippen molar-refractivity contribution in [3.05, 3.63) is 30.3 Å². The number of benzene rings is 1. The Morgan fingerprint density at radius 2 is 1.46 bits per heavy atom. The first kappa shape index (κ1) is 16.6. The molecule has 1 rings (SSSR count). The summed E-state index contributed by atoms with van der Waals surface area (Å²) in [7, 11) is 16.5. The van der Waals surface area contributed by atoms with Crippen LogP contribution in [0.1, 0.15) is 0 Å². The van der Waals surface area contributed by atoms with Crippen LogP contribution in [-0.4, -0.2) is 42.4 Å². The molecule has 0 atom stereocenters. The molecule has 0 aliphatic carbocycles. The molecular formula is C7H8AlCl3OSn. The Bertz CT molecular complexity index is 195. The van der Waals surface area contributed by atoms with Gasteiger partial charge in [-0.1, -0.05) is 18.2 Å². The molecule has 1 aromatic rings. The van der Waals surface area contributed by atoms with Crippen LogP contribution < -0.4 is 4.74 Å². The molecule has 70 valence electrons. The summed E-state index contributed by atoms with van der Waals surface area (Å²) < 4.78 is 4.91. The molecule has 0 aromatic heterocycles. The van der Waals surface area contributed by atoms with Gasteiger partial charge in [0, 0.05) is 23.9 Å². The van der Waals surface area contributed by atoms with E-state index in [1.54, 1.807) is 7.11 Å². The third kappa shape index (κ3) is 13.2. The molecule has 0 N–H and O–H groups in total. The van der Waals surface area contributed by atoms with Gasteiger partial charge in [-0.15, -0.1) is 0 Å². The van der Waals surface area contributed by atoms with Gasteiger partial charge in [0.05, 0.1) is 7.11 Å². The van der Waals surface area contributed by atoms with Crippen molar-refractivity contribution >= 4 is 65.4 Å². The Hall–Kier alpha value is 1.22. The quantitative estimate of drug-likeness (QED) is 0.700. The second-order valence-corrected chi connectivity index (χ2v) is 8.20. The van der Waals surface area contributed by atoms with E-state index in [0.717, 1.165) is 5.75 Å². The third-order valence-corrected chi connectivity index (χ3v) is 0.979. The van der Waals surface area contributed by atoms with Gasteiger partial charge < -0.3 is 4.74 Å². The van der Waals surface area contributed by atoms with Crippen LogP contribution in [0.3, 0.4) is 0 Å². The molecule has 13 heavy (non-hydrogen) atoms. The molecule has 4 radical (unpaired) electrons. The third-order valence-electron chi connectivity index (χ3n) is 0.979. The number of halogens is 3.